The Morgan fingerprint density at radius 2 is 1.60 bits per heavy atom. The van der Waals surface area contributed by atoms with Crippen LogP contribution in [-0.2, 0) is 17.6 Å². The van der Waals surface area contributed by atoms with E-state index in [4.69, 9.17) is 0 Å². The van der Waals surface area contributed by atoms with Crippen LogP contribution in [0, 0.1) is 5.92 Å². The summed E-state index contributed by atoms with van der Waals surface area (Å²) in [5.41, 5.74) is 3.76. The van der Waals surface area contributed by atoms with E-state index >= 15 is 0 Å². The second-order valence-electron chi connectivity index (χ2n) is 8.26. The zero-order valence-corrected chi connectivity index (χ0v) is 16.8. The van der Waals surface area contributed by atoms with E-state index < -0.39 is 11.7 Å². The van der Waals surface area contributed by atoms with Crippen LogP contribution in [-0.4, -0.2) is 35.5 Å². The van der Waals surface area contributed by atoms with Gasteiger partial charge < -0.3 is 4.90 Å². The van der Waals surface area contributed by atoms with Crippen molar-refractivity contribution in [1.29, 1.82) is 0 Å². The molecule has 1 amide bonds. The third kappa shape index (κ3) is 3.13. The summed E-state index contributed by atoms with van der Waals surface area (Å²) >= 11 is 0. The fourth-order valence-corrected chi connectivity index (χ4v) is 4.91. The number of hydrogen-bond donors (Lipinski definition) is 0. The zero-order valence-electron chi connectivity index (χ0n) is 16.8. The highest BCUT2D eigenvalue weighted by molar-refractivity contribution is 6.42. The fraction of sp³-hybridized carbons (Fsp3) is 0.269. The van der Waals surface area contributed by atoms with Crippen molar-refractivity contribution in [3.05, 3.63) is 82.9 Å². The molecule has 1 fully saturated rings. The third-order valence-corrected chi connectivity index (χ3v) is 6.45. The largest absolute Gasteiger partial charge is 0.335 e. The lowest BCUT2D eigenvalue weighted by Gasteiger charge is -2.31. The molecule has 1 saturated heterocycles. The van der Waals surface area contributed by atoms with Gasteiger partial charge in [0, 0.05) is 30.1 Å². The molecule has 0 saturated carbocycles. The number of amides is 1. The van der Waals surface area contributed by atoms with Gasteiger partial charge in [0.25, 0.3) is 5.91 Å². The van der Waals surface area contributed by atoms with Crippen LogP contribution >= 0.6 is 0 Å². The topological polar surface area (TPSA) is 54.5 Å². The van der Waals surface area contributed by atoms with Crippen molar-refractivity contribution in [3.63, 3.8) is 0 Å². The van der Waals surface area contributed by atoms with Crippen molar-refractivity contribution in [1.82, 2.24) is 4.90 Å². The van der Waals surface area contributed by atoms with Gasteiger partial charge >= 0.3 is 0 Å². The van der Waals surface area contributed by atoms with Crippen molar-refractivity contribution in [2.45, 2.75) is 25.7 Å². The predicted octanol–water partition coefficient (Wildman–Crippen LogP) is 4.24. The van der Waals surface area contributed by atoms with Crippen LogP contribution in [0.4, 0.5) is 0 Å². The summed E-state index contributed by atoms with van der Waals surface area (Å²) in [5, 5.41) is 2.25. The molecular weight excluding hydrogens is 374 g/mol. The number of carbonyl (C=O) groups is 3. The first kappa shape index (κ1) is 18.7. The first-order valence-electron chi connectivity index (χ1n) is 10.6. The molecule has 0 radical (unpaired) electrons. The van der Waals surface area contributed by atoms with Gasteiger partial charge in [-0.3, -0.25) is 14.4 Å². The SMILES string of the molecule is O=C(C(=O)N1CCCC(C(=O)c2ccc3c4c(cccc24)CC3)C1)c1ccccc1. The Labute approximate surface area is 175 Å². The van der Waals surface area contributed by atoms with E-state index in [9.17, 15) is 14.4 Å². The van der Waals surface area contributed by atoms with E-state index in [0.29, 0.717) is 18.7 Å². The molecule has 0 spiro atoms. The highest BCUT2D eigenvalue weighted by Crippen LogP contribution is 2.34. The molecule has 150 valence electrons. The molecule has 30 heavy (non-hydrogen) atoms. The summed E-state index contributed by atoms with van der Waals surface area (Å²) in [6, 6.07) is 18.8. The molecule has 1 aliphatic heterocycles. The summed E-state index contributed by atoms with van der Waals surface area (Å²) in [7, 11) is 0. The number of ketones is 2. The van der Waals surface area contributed by atoms with Gasteiger partial charge in [-0.05, 0) is 47.6 Å². The second-order valence-corrected chi connectivity index (χ2v) is 8.26. The molecule has 0 bridgehead atoms. The molecule has 4 nitrogen and oxygen atoms in total. The third-order valence-electron chi connectivity index (χ3n) is 6.45. The molecule has 1 atom stereocenters. The first-order chi connectivity index (χ1) is 14.6. The molecule has 5 rings (SSSR count). The molecule has 0 aromatic heterocycles. The van der Waals surface area contributed by atoms with Crippen molar-refractivity contribution >= 4 is 28.2 Å². The van der Waals surface area contributed by atoms with Gasteiger partial charge in [-0.15, -0.1) is 0 Å². The van der Waals surface area contributed by atoms with Gasteiger partial charge in [-0.25, -0.2) is 0 Å². The number of hydrogen-bond acceptors (Lipinski definition) is 3. The molecule has 1 unspecified atom stereocenters. The normalized spacial score (nSPS) is 17.9. The van der Waals surface area contributed by atoms with E-state index in [1.165, 1.54) is 16.5 Å². The molecule has 3 aromatic carbocycles. The average molecular weight is 397 g/mol. The number of benzene rings is 3. The van der Waals surface area contributed by atoms with Crippen molar-refractivity contribution < 1.29 is 14.4 Å². The first-order valence-corrected chi connectivity index (χ1v) is 10.6. The number of piperidine rings is 1. The standard InChI is InChI=1S/C26H23NO3/c28-24(22-14-13-18-12-11-17-8-4-10-21(22)23(17)18)20-9-5-15-27(16-20)26(30)25(29)19-6-2-1-3-7-19/h1-4,6-8,10,13-14,20H,5,9,11-12,15-16H2. The smallest absolute Gasteiger partial charge is 0.294 e. The van der Waals surface area contributed by atoms with Crippen LogP contribution in [0.5, 0.6) is 0 Å². The van der Waals surface area contributed by atoms with E-state index in [1.54, 1.807) is 29.2 Å². The number of likely N-dealkylation sites (tertiary alicyclic amines) is 1. The highest BCUT2D eigenvalue weighted by atomic mass is 16.2. The Balaban J connectivity index is 1.39. The number of rotatable bonds is 4. The van der Waals surface area contributed by atoms with Crippen molar-refractivity contribution in [3.8, 4) is 0 Å². The van der Waals surface area contributed by atoms with E-state index in [2.05, 4.69) is 12.1 Å². The minimum absolute atomic E-state index is 0.0789. The second kappa shape index (κ2) is 7.52. The minimum atomic E-state index is -0.515. The predicted molar refractivity (Wildman–Crippen MR) is 116 cm³/mol. The Bertz CT molecular complexity index is 1160. The quantitative estimate of drug-likeness (QED) is 0.489. The summed E-state index contributed by atoms with van der Waals surface area (Å²) < 4.78 is 0. The maximum absolute atomic E-state index is 13.4. The lowest BCUT2D eigenvalue weighted by molar-refractivity contribution is -0.127. The van der Waals surface area contributed by atoms with Gasteiger partial charge in [0.15, 0.2) is 5.78 Å². The Hall–Kier alpha value is -3.27. The lowest BCUT2D eigenvalue weighted by Crippen LogP contribution is -2.45. The molecule has 4 heteroatoms. The zero-order chi connectivity index (χ0) is 20.7. The van der Waals surface area contributed by atoms with Gasteiger partial charge in [-0.2, -0.15) is 0 Å². The summed E-state index contributed by atoms with van der Waals surface area (Å²) in [6.07, 6.45) is 3.52. The summed E-state index contributed by atoms with van der Waals surface area (Å²) in [6.45, 7) is 0.824. The van der Waals surface area contributed by atoms with E-state index in [-0.39, 0.29) is 11.7 Å². The van der Waals surface area contributed by atoms with E-state index in [1.807, 2.05) is 24.3 Å². The fourth-order valence-electron chi connectivity index (χ4n) is 4.91. The van der Waals surface area contributed by atoms with Crippen LogP contribution in [0.1, 0.15) is 44.7 Å². The molecule has 1 heterocycles. The number of nitrogens with zero attached hydrogens (tertiary/aromatic N) is 1. The highest BCUT2D eigenvalue weighted by Gasteiger charge is 2.33. The van der Waals surface area contributed by atoms with Crippen LogP contribution in [0.3, 0.4) is 0 Å². The van der Waals surface area contributed by atoms with Gasteiger partial charge in [0.1, 0.15) is 0 Å². The number of Topliss-reactive ketones (excluding diaryl/α,β-unsaturated/α-hetero) is 2. The molecule has 0 N–H and O–H groups in total. The summed E-state index contributed by atoms with van der Waals surface area (Å²) in [4.78, 5) is 40.3. The molecular formula is C26H23NO3. The van der Waals surface area contributed by atoms with Crippen LogP contribution in [0.25, 0.3) is 10.8 Å². The number of carbonyl (C=O) groups excluding carboxylic acids is 3. The molecule has 3 aromatic rings. The lowest BCUT2D eigenvalue weighted by atomic mass is 9.87. The maximum Gasteiger partial charge on any atom is 0.294 e. The van der Waals surface area contributed by atoms with Crippen molar-refractivity contribution in [2.75, 3.05) is 13.1 Å². The number of aryl methyl sites for hydroxylation is 2. The van der Waals surface area contributed by atoms with Crippen molar-refractivity contribution in [2.24, 2.45) is 5.92 Å². The molecule has 1 aliphatic carbocycles. The van der Waals surface area contributed by atoms with Gasteiger partial charge in [0.05, 0.1) is 0 Å². The van der Waals surface area contributed by atoms with E-state index in [0.717, 1.165) is 36.6 Å². The average Bonchev–Trinajstić information content (AvgIpc) is 3.23. The van der Waals surface area contributed by atoms with Crippen LogP contribution in [0.15, 0.2) is 60.7 Å². The minimum Gasteiger partial charge on any atom is -0.335 e. The Morgan fingerprint density at radius 3 is 2.40 bits per heavy atom. The monoisotopic (exact) mass is 397 g/mol. The maximum atomic E-state index is 13.4. The Morgan fingerprint density at radius 1 is 0.833 bits per heavy atom. The van der Waals surface area contributed by atoms with Crippen LogP contribution in [0.2, 0.25) is 0 Å². The summed E-state index contributed by atoms with van der Waals surface area (Å²) in [5.74, 6) is -1.21. The van der Waals surface area contributed by atoms with Gasteiger partial charge in [-0.1, -0.05) is 60.7 Å². The Kier molecular flexibility index (Phi) is 4.70. The van der Waals surface area contributed by atoms with Gasteiger partial charge in [0.2, 0.25) is 5.78 Å². The molecule has 2 aliphatic rings. The van der Waals surface area contributed by atoms with Crippen LogP contribution < -0.4 is 0 Å².